The molecule has 0 bridgehead atoms. The molecule has 0 heterocycles. The van der Waals surface area contributed by atoms with Crippen LogP contribution in [0.25, 0.3) is 11.1 Å². The lowest BCUT2D eigenvalue weighted by atomic mass is 9.98. The third kappa shape index (κ3) is 8.18. The number of ether oxygens (including phenoxy) is 2. The van der Waals surface area contributed by atoms with Crippen LogP contribution in [0, 0.1) is 0 Å². The zero-order valence-electron chi connectivity index (χ0n) is 24.5. The van der Waals surface area contributed by atoms with Crippen LogP contribution in [0.3, 0.4) is 0 Å². The zero-order chi connectivity index (χ0) is 30.3. The topological polar surface area (TPSA) is 117 Å². The second-order valence-electron chi connectivity index (χ2n) is 11.5. The summed E-state index contributed by atoms with van der Waals surface area (Å²) < 4.78 is 11.3. The molecule has 0 radical (unpaired) electrons. The minimum atomic E-state index is -1.29. The molecule has 3 aromatic carbocycles. The van der Waals surface area contributed by atoms with Gasteiger partial charge in [0.25, 0.3) is 0 Å². The summed E-state index contributed by atoms with van der Waals surface area (Å²) in [5, 5.41) is 14.9. The first kappa shape index (κ1) is 30.7. The summed E-state index contributed by atoms with van der Waals surface area (Å²) in [5.74, 6) is -2.01. The number of nitrogens with one attached hydrogen (secondary N) is 2. The Hall–Kier alpha value is -4.21. The molecule has 0 fully saturated rings. The number of hydrogen-bond donors (Lipinski definition) is 3. The Morgan fingerprint density at radius 3 is 2.00 bits per heavy atom. The number of likely N-dealkylation sites (N-methyl/N-ethyl adjacent to an activating group) is 1. The number of nitrogens with zero attached hydrogens (tertiary/aromatic N) is 1. The molecule has 0 saturated carbocycles. The first-order valence-corrected chi connectivity index (χ1v) is 14.0. The van der Waals surface area contributed by atoms with Gasteiger partial charge in [0.05, 0.1) is 12.2 Å². The lowest BCUT2D eigenvalue weighted by molar-refractivity contribution is -0.145. The molecule has 0 saturated heterocycles. The maximum absolute atomic E-state index is 13.4. The summed E-state index contributed by atoms with van der Waals surface area (Å²) in [6.45, 7) is 5.91. The summed E-state index contributed by atoms with van der Waals surface area (Å²) in [7, 11) is 1.82. The van der Waals surface area contributed by atoms with Crippen molar-refractivity contribution in [2.45, 2.75) is 50.9 Å². The number of alkyl carbamates (subject to hydrolysis) is 1. The van der Waals surface area contributed by atoms with Gasteiger partial charge in [-0.1, -0.05) is 78.9 Å². The Morgan fingerprint density at radius 2 is 1.43 bits per heavy atom. The Bertz CT molecular complexity index is 1340. The van der Waals surface area contributed by atoms with Crippen molar-refractivity contribution in [1.29, 1.82) is 0 Å². The quantitative estimate of drug-likeness (QED) is 0.294. The number of rotatable bonds is 12. The van der Waals surface area contributed by atoms with Gasteiger partial charge in [0.2, 0.25) is 5.91 Å². The molecule has 9 nitrogen and oxygen atoms in total. The molecule has 3 N–H and O–H groups in total. The number of aliphatic carboxylic acids is 1. The first-order valence-electron chi connectivity index (χ1n) is 14.0. The standard InChI is InChI=1S/C33H39N3O6/c1-33(2,3)42-21-29(31(38)39)34-30(37)28(19-36(4)18-22-12-6-5-7-13-22)35-32(40)41-20-27-25-16-10-8-14-23(25)24-15-9-11-17-26(24)27/h5-17,27-29H,18-21H2,1-4H3,(H,34,37)(H,35,40)(H,38,39)/t28?,29-/m0/s1. The normalized spacial score (nSPS) is 14.0. The number of carboxylic acids is 1. The number of fused-ring (bicyclic) bond motifs is 3. The van der Waals surface area contributed by atoms with Gasteiger partial charge in [0.1, 0.15) is 12.6 Å². The Morgan fingerprint density at radius 1 is 0.857 bits per heavy atom. The molecule has 1 aliphatic rings. The van der Waals surface area contributed by atoms with Crippen molar-refractivity contribution in [2.24, 2.45) is 0 Å². The van der Waals surface area contributed by atoms with Gasteiger partial charge in [-0.2, -0.15) is 0 Å². The van der Waals surface area contributed by atoms with Gasteiger partial charge in [-0.25, -0.2) is 9.59 Å². The van der Waals surface area contributed by atoms with Crippen LogP contribution in [0.5, 0.6) is 0 Å². The van der Waals surface area contributed by atoms with Gasteiger partial charge < -0.3 is 25.2 Å². The van der Waals surface area contributed by atoms with Crippen molar-refractivity contribution in [3.63, 3.8) is 0 Å². The van der Waals surface area contributed by atoms with Gasteiger partial charge in [-0.15, -0.1) is 0 Å². The molecule has 4 rings (SSSR count). The predicted molar refractivity (Wildman–Crippen MR) is 160 cm³/mol. The summed E-state index contributed by atoms with van der Waals surface area (Å²) >= 11 is 0. The van der Waals surface area contributed by atoms with Crippen LogP contribution in [-0.2, 0) is 25.6 Å². The van der Waals surface area contributed by atoms with E-state index in [1.807, 2.05) is 78.7 Å². The van der Waals surface area contributed by atoms with E-state index in [0.717, 1.165) is 27.8 Å². The summed E-state index contributed by atoms with van der Waals surface area (Å²) in [6, 6.07) is 23.4. The SMILES string of the molecule is CN(Cc1ccccc1)CC(NC(=O)OCC1c2ccccc2-c2ccccc21)C(=O)N[C@@H](COC(C)(C)C)C(=O)O. The van der Waals surface area contributed by atoms with E-state index in [0.29, 0.717) is 6.54 Å². The first-order chi connectivity index (χ1) is 20.0. The maximum Gasteiger partial charge on any atom is 0.407 e. The van der Waals surface area contributed by atoms with E-state index < -0.39 is 35.7 Å². The third-order valence-electron chi connectivity index (χ3n) is 7.04. The average molecular weight is 574 g/mol. The van der Waals surface area contributed by atoms with Gasteiger partial charge in [0, 0.05) is 19.0 Å². The van der Waals surface area contributed by atoms with E-state index >= 15 is 0 Å². The fraction of sp³-hybridized carbons (Fsp3) is 0.364. The number of benzene rings is 3. The van der Waals surface area contributed by atoms with Gasteiger partial charge in [0.15, 0.2) is 6.04 Å². The van der Waals surface area contributed by atoms with Crippen LogP contribution in [0.15, 0.2) is 78.9 Å². The van der Waals surface area contributed by atoms with Crippen molar-refractivity contribution < 1.29 is 29.0 Å². The summed E-state index contributed by atoms with van der Waals surface area (Å²) in [6.07, 6.45) is -0.761. The second-order valence-corrected chi connectivity index (χ2v) is 11.5. The number of carbonyl (C=O) groups excluding carboxylic acids is 2. The number of carbonyl (C=O) groups is 3. The van der Waals surface area contributed by atoms with Gasteiger partial charge >= 0.3 is 12.1 Å². The fourth-order valence-corrected chi connectivity index (χ4v) is 5.03. The lowest BCUT2D eigenvalue weighted by Crippen LogP contribution is -2.56. The van der Waals surface area contributed by atoms with Crippen LogP contribution in [-0.4, -0.2) is 72.5 Å². The molecular formula is C33H39N3O6. The molecule has 2 amide bonds. The van der Waals surface area contributed by atoms with Crippen molar-refractivity contribution >= 4 is 18.0 Å². The largest absolute Gasteiger partial charge is 0.480 e. The number of carboxylic acid groups (broad SMARTS) is 1. The van der Waals surface area contributed by atoms with Crippen LogP contribution in [0.1, 0.15) is 43.4 Å². The molecule has 42 heavy (non-hydrogen) atoms. The lowest BCUT2D eigenvalue weighted by Gasteiger charge is -2.27. The molecule has 0 spiro atoms. The number of hydrogen-bond acceptors (Lipinski definition) is 6. The Balaban J connectivity index is 1.45. The van der Waals surface area contributed by atoms with E-state index in [4.69, 9.17) is 9.47 Å². The van der Waals surface area contributed by atoms with Gasteiger partial charge in [-0.3, -0.25) is 9.69 Å². The van der Waals surface area contributed by atoms with Crippen molar-refractivity contribution in [1.82, 2.24) is 15.5 Å². The highest BCUT2D eigenvalue weighted by Crippen LogP contribution is 2.44. The van der Waals surface area contributed by atoms with Crippen molar-refractivity contribution in [2.75, 3.05) is 26.8 Å². The van der Waals surface area contributed by atoms with E-state index in [2.05, 4.69) is 22.8 Å². The summed E-state index contributed by atoms with van der Waals surface area (Å²) in [4.78, 5) is 40.2. The fourth-order valence-electron chi connectivity index (χ4n) is 5.03. The minimum absolute atomic E-state index is 0.0885. The highest BCUT2D eigenvalue weighted by molar-refractivity contribution is 5.89. The predicted octanol–water partition coefficient (Wildman–Crippen LogP) is 4.41. The van der Waals surface area contributed by atoms with E-state index in [1.54, 1.807) is 20.8 Å². The Kier molecular flexibility index (Phi) is 9.98. The highest BCUT2D eigenvalue weighted by atomic mass is 16.5. The molecule has 1 aliphatic carbocycles. The highest BCUT2D eigenvalue weighted by Gasteiger charge is 2.31. The van der Waals surface area contributed by atoms with Crippen LogP contribution in [0.4, 0.5) is 4.79 Å². The maximum atomic E-state index is 13.4. The molecule has 1 unspecified atom stereocenters. The molecule has 9 heteroatoms. The van der Waals surface area contributed by atoms with E-state index in [-0.39, 0.29) is 25.7 Å². The Labute approximate surface area is 246 Å². The molecule has 2 atom stereocenters. The molecule has 0 aliphatic heterocycles. The molecule has 222 valence electrons. The van der Waals surface area contributed by atoms with E-state index in [1.165, 1.54) is 0 Å². The average Bonchev–Trinajstić information content (AvgIpc) is 3.27. The molecule has 0 aromatic heterocycles. The monoisotopic (exact) mass is 573 g/mol. The van der Waals surface area contributed by atoms with Gasteiger partial charge in [-0.05, 0) is 55.6 Å². The minimum Gasteiger partial charge on any atom is -0.480 e. The van der Waals surface area contributed by atoms with Crippen LogP contribution < -0.4 is 10.6 Å². The number of amides is 2. The molecule has 3 aromatic rings. The van der Waals surface area contributed by atoms with Crippen LogP contribution in [0.2, 0.25) is 0 Å². The molecular weight excluding hydrogens is 534 g/mol. The van der Waals surface area contributed by atoms with Crippen LogP contribution >= 0.6 is 0 Å². The third-order valence-corrected chi connectivity index (χ3v) is 7.04. The second kappa shape index (κ2) is 13.6. The zero-order valence-corrected chi connectivity index (χ0v) is 24.5. The van der Waals surface area contributed by atoms with Crippen molar-refractivity contribution in [3.05, 3.63) is 95.6 Å². The van der Waals surface area contributed by atoms with Crippen molar-refractivity contribution in [3.8, 4) is 11.1 Å². The smallest absolute Gasteiger partial charge is 0.407 e. The van der Waals surface area contributed by atoms with E-state index in [9.17, 15) is 19.5 Å². The summed E-state index contributed by atoms with van der Waals surface area (Å²) in [5.41, 5.74) is 4.81.